The largest absolute Gasteiger partial charge is 0.429 e. The van der Waals surface area contributed by atoms with Gasteiger partial charge in [0, 0.05) is 16.8 Å². The van der Waals surface area contributed by atoms with Crippen molar-refractivity contribution in [3.05, 3.63) is 58.6 Å². The highest BCUT2D eigenvalue weighted by Crippen LogP contribution is 2.43. The van der Waals surface area contributed by atoms with Crippen LogP contribution in [0.1, 0.15) is 25.3 Å². The number of benzene rings is 2. The number of anilines is 1. The van der Waals surface area contributed by atoms with Gasteiger partial charge < -0.3 is 9.61 Å². The third kappa shape index (κ3) is 4.90. The molecule has 3 nitrogen and oxygen atoms in total. The van der Waals surface area contributed by atoms with Crippen LogP contribution in [0.3, 0.4) is 0 Å². The van der Waals surface area contributed by atoms with Gasteiger partial charge in [-0.25, -0.2) is 0 Å². The molecule has 0 radical (unpaired) electrons. The van der Waals surface area contributed by atoms with Crippen molar-refractivity contribution in [2.75, 3.05) is 11.8 Å². The molecule has 0 aromatic heterocycles. The molecule has 1 N–H and O–H groups in total. The SMILES string of the molecule is CC(C)c1ccc(O[P@@](C)(=O)Nc2ccc(Br)cc2)cc1. The maximum Gasteiger partial charge on any atom is 0.338 e. The smallest absolute Gasteiger partial charge is 0.338 e. The van der Waals surface area contributed by atoms with Crippen LogP contribution >= 0.6 is 23.4 Å². The van der Waals surface area contributed by atoms with Gasteiger partial charge in [-0.15, -0.1) is 0 Å². The highest BCUT2D eigenvalue weighted by atomic mass is 79.9. The summed E-state index contributed by atoms with van der Waals surface area (Å²) in [5, 5.41) is 2.94. The van der Waals surface area contributed by atoms with E-state index in [-0.39, 0.29) is 0 Å². The molecule has 0 heterocycles. The fourth-order valence-electron chi connectivity index (χ4n) is 1.90. The maximum absolute atomic E-state index is 12.5. The van der Waals surface area contributed by atoms with Crippen molar-refractivity contribution < 1.29 is 9.09 Å². The second-order valence-corrected chi connectivity index (χ2v) is 8.29. The molecule has 2 aromatic carbocycles. The summed E-state index contributed by atoms with van der Waals surface area (Å²) in [6.45, 7) is 5.84. The minimum atomic E-state index is -2.96. The van der Waals surface area contributed by atoms with Gasteiger partial charge in [0.05, 0.1) is 0 Å². The number of rotatable bonds is 5. The lowest BCUT2D eigenvalue weighted by Crippen LogP contribution is -2.02. The molecule has 0 aliphatic rings. The lowest BCUT2D eigenvalue weighted by molar-refractivity contribution is 0.493. The van der Waals surface area contributed by atoms with Gasteiger partial charge in [0.2, 0.25) is 0 Å². The molecule has 0 amide bonds. The zero-order chi connectivity index (χ0) is 15.5. The summed E-state index contributed by atoms with van der Waals surface area (Å²) in [5.41, 5.74) is 2.00. The van der Waals surface area contributed by atoms with Crippen molar-refractivity contribution in [3.63, 3.8) is 0 Å². The van der Waals surface area contributed by atoms with Gasteiger partial charge in [-0.05, 0) is 47.9 Å². The maximum atomic E-state index is 12.5. The van der Waals surface area contributed by atoms with Gasteiger partial charge in [-0.2, -0.15) is 0 Å². The molecule has 1 atom stereocenters. The van der Waals surface area contributed by atoms with Crippen LogP contribution in [0.2, 0.25) is 0 Å². The molecule has 0 unspecified atom stereocenters. The quantitative estimate of drug-likeness (QED) is 0.669. The van der Waals surface area contributed by atoms with E-state index in [0.29, 0.717) is 11.7 Å². The van der Waals surface area contributed by atoms with Crippen molar-refractivity contribution in [2.45, 2.75) is 19.8 Å². The van der Waals surface area contributed by atoms with E-state index in [1.54, 1.807) is 6.66 Å². The Morgan fingerprint density at radius 1 is 1.05 bits per heavy atom. The normalized spacial score (nSPS) is 13.8. The predicted octanol–water partition coefficient (Wildman–Crippen LogP) is 5.89. The Hall–Kier alpha value is -1.25. The standard InChI is InChI=1S/C16H19BrNO2P/c1-12(2)13-4-10-16(11-5-13)20-21(3,19)18-15-8-6-14(17)7-9-15/h4-12H,1-3H3,(H,18,19)/t21-/m1/s1. The molecule has 0 fully saturated rings. The Labute approximate surface area is 134 Å². The van der Waals surface area contributed by atoms with Crippen LogP contribution in [-0.4, -0.2) is 6.66 Å². The van der Waals surface area contributed by atoms with Crippen LogP contribution in [0, 0.1) is 0 Å². The predicted molar refractivity (Wildman–Crippen MR) is 92.5 cm³/mol. The van der Waals surface area contributed by atoms with Gasteiger partial charge in [0.15, 0.2) is 0 Å². The fourth-order valence-corrected chi connectivity index (χ4v) is 3.35. The molecule has 0 aliphatic carbocycles. The lowest BCUT2D eigenvalue weighted by atomic mass is 10.0. The molecule has 2 aromatic rings. The van der Waals surface area contributed by atoms with Crippen molar-refractivity contribution in [1.29, 1.82) is 0 Å². The summed E-state index contributed by atoms with van der Waals surface area (Å²) in [7, 11) is -2.96. The third-order valence-corrected chi connectivity index (χ3v) is 4.76. The summed E-state index contributed by atoms with van der Waals surface area (Å²) in [5.74, 6) is 1.07. The van der Waals surface area contributed by atoms with E-state index in [1.165, 1.54) is 5.56 Å². The first-order chi connectivity index (χ1) is 9.85. The summed E-state index contributed by atoms with van der Waals surface area (Å²) in [4.78, 5) is 0. The molecule has 0 bridgehead atoms. The monoisotopic (exact) mass is 367 g/mol. The summed E-state index contributed by atoms with van der Waals surface area (Å²) < 4.78 is 19.1. The molecule has 0 saturated carbocycles. The van der Waals surface area contributed by atoms with Gasteiger partial charge in [-0.3, -0.25) is 4.57 Å². The van der Waals surface area contributed by atoms with Crippen LogP contribution in [0.25, 0.3) is 0 Å². The number of nitrogens with one attached hydrogen (secondary N) is 1. The summed E-state index contributed by atoms with van der Waals surface area (Å²) in [6, 6.07) is 15.2. The number of hydrogen-bond acceptors (Lipinski definition) is 2. The Bertz CT molecular complexity index is 638. The molecule has 2 rings (SSSR count). The molecular formula is C16H19BrNO2P. The Morgan fingerprint density at radius 2 is 1.62 bits per heavy atom. The van der Waals surface area contributed by atoms with Gasteiger partial charge in [0.1, 0.15) is 5.75 Å². The summed E-state index contributed by atoms with van der Waals surface area (Å²) in [6.07, 6.45) is 0. The zero-order valence-corrected chi connectivity index (χ0v) is 14.8. The van der Waals surface area contributed by atoms with Crippen LogP contribution < -0.4 is 9.61 Å². The second kappa shape index (κ2) is 6.67. The molecular weight excluding hydrogens is 349 g/mol. The van der Waals surface area contributed by atoms with Crippen molar-refractivity contribution in [2.24, 2.45) is 0 Å². The first kappa shape index (κ1) is 16.1. The Kier molecular flexibility index (Phi) is 5.13. The van der Waals surface area contributed by atoms with Crippen molar-refractivity contribution >= 4 is 29.1 Å². The van der Waals surface area contributed by atoms with Crippen molar-refractivity contribution in [1.82, 2.24) is 0 Å². The van der Waals surface area contributed by atoms with E-state index in [4.69, 9.17) is 4.52 Å². The number of halogens is 1. The van der Waals surface area contributed by atoms with E-state index in [1.807, 2.05) is 48.5 Å². The minimum Gasteiger partial charge on any atom is -0.429 e. The van der Waals surface area contributed by atoms with Crippen molar-refractivity contribution in [3.8, 4) is 5.75 Å². The second-order valence-electron chi connectivity index (χ2n) is 5.28. The topological polar surface area (TPSA) is 38.3 Å². The van der Waals surface area contributed by atoms with Crippen LogP contribution in [0.15, 0.2) is 53.0 Å². The molecule has 21 heavy (non-hydrogen) atoms. The Balaban J connectivity index is 2.06. The first-order valence-corrected chi connectivity index (χ1v) is 9.63. The molecule has 0 aliphatic heterocycles. The van der Waals surface area contributed by atoms with E-state index >= 15 is 0 Å². The molecule has 0 spiro atoms. The van der Waals surface area contributed by atoms with E-state index < -0.39 is 7.52 Å². The third-order valence-electron chi connectivity index (χ3n) is 3.00. The van der Waals surface area contributed by atoms with Gasteiger partial charge in [-0.1, -0.05) is 41.9 Å². The van der Waals surface area contributed by atoms with E-state index in [2.05, 4.69) is 34.9 Å². The van der Waals surface area contributed by atoms with Crippen LogP contribution in [0.4, 0.5) is 5.69 Å². The lowest BCUT2D eigenvalue weighted by Gasteiger charge is -2.18. The van der Waals surface area contributed by atoms with Crippen LogP contribution in [0.5, 0.6) is 5.75 Å². The van der Waals surface area contributed by atoms with E-state index in [0.717, 1.165) is 10.2 Å². The average molecular weight is 368 g/mol. The molecule has 112 valence electrons. The highest BCUT2D eigenvalue weighted by molar-refractivity contribution is 9.10. The van der Waals surface area contributed by atoms with E-state index in [9.17, 15) is 4.57 Å². The zero-order valence-electron chi connectivity index (χ0n) is 12.3. The van der Waals surface area contributed by atoms with Gasteiger partial charge >= 0.3 is 7.52 Å². The fraction of sp³-hybridized carbons (Fsp3) is 0.250. The average Bonchev–Trinajstić information content (AvgIpc) is 2.41. The number of hydrogen-bond donors (Lipinski definition) is 1. The minimum absolute atomic E-state index is 0.466. The molecule has 5 heteroatoms. The summed E-state index contributed by atoms with van der Waals surface area (Å²) >= 11 is 3.37. The Morgan fingerprint density at radius 3 is 2.14 bits per heavy atom. The highest BCUT2D eigenvalue weighted by Gasteiger charge is 2.17. The van der Waals surface area contributed by atoms with Crippen LogP contribution in [-0.2, 0) is 4.57 Å². The van der Waals surface area contributed by atoms with Gasteiger partial charge in [0.25, 0.3) is 0 Å². The first-order valence-electron chi connectivity index (χ1n) is 6.77. The molecule has 0 saturated heterocycles.